The van der Waals surface area contributed by atoms with Gasteiger partial charge in [0.15, 0.2) is 0 Å². The minimum atomic E-state index is -1.21. The first kappa shape index (κ1) is 19.2. The van der Waals surface area contributed by atoms with Gasteiger partial charge in [0, 0.05) is 5.54 Å². The van der Waals surface area contributed by atoms with E-state index in [1.807, 2.05) is 13.8 Å². The molecule has 3 N–H and O–H groups in total. The van der Waals surface area contributed by atoms with Gasteiger partial charge in [-0.05, 0) is 20.3 Å². The number of hydrogen-bond acceptors (Lipinski definition) is 8. The Bertz CT molecular complexity index is 560. The first-order valence-electron chi connectivity index (χ1n) is 5.99. The predicted molar refractivity (Wildman–Crippen MR) is 76.6 cm³/mol. The zero-order valence-corrected chi connectivity index (χ0v) is 12.2. The van der Waals surface area contributed by atoms with Crippen LogP contribution in [0.25, 0.3) is 0 Å². The van der Waals surface area contributed by atoms with Gasteiger partial charge in [-0.15, -0.1) is 0 Å². The van der Waals surface area contributed by atoms with Crippen molar-refractivity contribution in [3.63, 3.8) is 0 Å². The molecule has 0 heterocycles. The lowest BCUT2D eigenvalue weighted by Gasteiger charge is -2.13. The summed E-state index contributed by atoms with van der Waals surface area (Å²) in [5.74, 6) is -1.21. The summed E-state index contributed by atoms with van der Waals surface area (Å²) in [5, 5.41) is 40.2. The molecule has 0 aliphatic carbocycles. The van der Waals surface area contributed by atoms with E-state index < -0.39 is 37.6 Å². The van der Waals surface area contributed by atoms with Gasteiger partial charge in [-0.25, -0.2) is 0 Å². The third kappa shape index (κ3) is 5.66. The predicted octanol–water partition coefficient (Wildman–Crippen LogP) is 2.25. The Kier molecular flexibility index (Phi) is 6.33. The Labute approximate surface area is 124 Å². The molecule has 0 aliphatic rings. The van der Waals surface area contributed by atoms with Crippen LogP contribution in [0.15, 0.2) is 12.1 Å². The second-order valence-corrected chi connectivity index (χ2v) is 4.95. The molecule has 0 aliphatic heterocycles. The summed E-state index contributed by atoms with van der Waals surface area (Å²) >= 11 is 0. The van der Waals surface area contributed by atoms with Gasteiger partial charge < -0.3 is 10.8 Å². The Balaban J connectivity index is 0.000000626. The van der Waals surface area contributed by atoms with Gasteiger partial charge >= 0.3 is 11.4 Å². The average Bonchev–Trinajstić information content (AvgIpc) is 2.37. The van der Waals surface area contributed by atoms with E-state index >= 15 is 0 Å². The van der Waals surface area contributed by atoms with Gasteiger partial charge in [-0.1, -0.05) is 6.92 Å². The van der Waals surface area contributed by atoms with Crippen molar-refractivity contribution < 1.29 is 19.9 Å². The van der Waals surface area contributed by atoms with Crippen molar-refractivity contribution >= 4 is 17.1 Å². The van der Waals surface area contributed by atoms with Crippen LogP contribution in [0.4, 0.5) is 17.1 Å². The molecule has 0 saturated carbocycles. The second kappa shape index (κ2) is 7.26. The van der Waals surface area contributed by atoms with Gasteiger partial charge in [-0.3, -0.25) is 30.3 Å². The molecule has 22 heavy (non-hydrogen) atoms. The van der Waals surface area contributed by atoms with Crippen LogP contribution in [0, 0.1) is 30.3 Å². The minimum Gasteiger partial charge on any atom is -0.497 e. The van der Waals surface area contributed by atoms with Crippen LogP contribution in [0.3, 0.4) is 0 Å². The first-order chi connectivity index (χ1) is 9.90. The normalized spacial score (nSPS) is 10.4. The summed E-state index contributed by atoms with van der Waals surface area (Å²) in [4.78, 5) is 27.8. The fourth-order valence-corrected chi connectivity index (χ4v) is 0.974. The van der Waals surface area contributed by atoms with E-state index in [1.54, 1.807) is 0 Å². The van der Waals surface area contributed by atoms with E-state index in [0.29, 0.717) is 12.1 Å². The molecule has 1 rings (SSSR count). The molecule has 0 fully saturated rings. The number of non-ortho nitro benzene ring substituents is 1. The van der Waals surface area contributed by atoms with Gasteiger partial charge in [0.05, 0.1) is 26.9 Å². The molecule has 11 heteroatoms. The number of aromatic hydroxyl groups is 1. The highest BCUT2D eigenvalue weighted by atomic mass is 16.6. The number of hydrogen-bond donors (Lipinski definition) is 2. The number of nitrogens with zero attached hydrogens (tertiary/aromatic N) is 3. The van der Waals surface area contributed by atoms with E-state index in [-0.39, 0.29) is 5.54 Å². The molecule has 0 amide bonds. The Morgan fingerprint density at radius 3 is 1.55 bits per heavy atom. The molecule has 122 valence electrons. The monoisotopic (exact) mass is 316 g/mol. The lowest BCUT2D eigenvalue weighted by molar-refractivity contribution is -0.404. The van der Waals surface area contributed by atoms with Crippen molar-refractivity contribution in [2.45, 2.75) is 32.7 Å². The lowest BCUT2D eigenvalue weighted by atomic mass is 10.1. The molecule has 0 saturated heterocycles. The molecule has 0 radical (unpaired) electrons. The maximum atomic E-state index is 10.4. The number of phenolic OH excluding ortho intramolecular Hbond substituents is 1. The van der Waals surface area contributed by atoms with Crippen LogP contribution in [0.2, 0.25) is 0 Å². The molecule has 0 unspecified atom stereocenters. The maximum absolute atomic E-state index is 10.4. The Morgan fingerprint density at radius 1 is 1.05 bits per heavy atom. The van der Waals surface area contributed by atoms with Crippen molar-refractivity contribution in [3.8, 4) is 5.75 Å². The molecule has 0 aromatic heterocycles. The van der Waals surface area contributed by atoms with E-state index in [9.17, 15) is 30.3 Å². The van der Waals surface area contributed by atoms with Crippen molar-refractivity contribution in [2.24, 2.45) is 5.73 Å². The number of rotatable bonds is 4. The topological polar surface area (TPSA) is 176 Å². The number of nitro benzene ring substituents is 3. The molecule has 1 aromatic rings. The van der Waals surface area contributed by atoms with Crippen molar-refractivity contribution in [2.75, 3.05) is 0 Å². The summed E-state index contributed by atoms with van der Waals surface area (Å²) in [6, 6.07) is 0.894. The quantitative estimate of drug-likeness (QED) is 0.627. The first-order valence-corrected chi connectivity index (χ1v) is 5.99. The van der Waals surface area contributed by atoms with Crippen molar-refractivity contribution in [1.82, 2.24) is 0 Å². The van der Waals surface area contributed by atoms with Gasteiger partial charge in [0.25, 0.3) is 11.4 Å². The van der Waals surface area contributed by atoms with Gasteiger partial charge in [0.2, 0.25) is 0 Å². The summed E-state index contributed by atoms with van der Waals surface area (Å²) in [5.41, 5.74) is 2.57. The number of benzene rings is 1. The SMILES string of the molecule is CCC(C)(C)N.O=[N+]([O-])c1cc([N+](=O)[O-])c(O)c([N+](=O)[O-])c1. The van der Waals surface area contributed by atoms with E-state index in [1.165, 1.54) is 0 Å². The zero-order chi connectivity index (χ0) is 17.7. The van der Waals surface area contributed by atoms with Crippen LogP contribution in [-0.2, 0) is 0 Å². The fraction of sp³-hybridized carbons (Fsp3) is 0.455. The van der Waals surface area contributed by atoms with Crippen molar-refractivity contribution in [1.29, 1.82) is 0 Å². The van der Waals surface area contributed by atoms with Gasteiger partial charge in [-0.2, -0.15) is 0 Å². The van der Waals surface area contributed by atoms with Crippen molar-refractivity contribution in [3.05, 3.63) is 42.5 Å². The molecule has 0 bridgehead atoms. The summed E-state index contributed by atoms with van der Waals surface area (Å²) < 4.78 is 0. The van der Waals surface area contributed by atoms with Gasteiger partial charge in [0.1, 0.15) is 0 Å². The van der Waals surface area contributed by atoms with Crippen LogP contribution >= 0.6 is 0 Å². The highest BCUT2D eigenvalue weighted by Crippen LogP contribution is 2.38. The summed E-state index contributed by atoms with van der Waals surface area (Å²) in [7, 11) is 0. The smallest absolute Gasteiger partial charge is 0.324 e. The van der Waals surface area contributed by atoms with E-state index in [0.717, 1.165) is 6.42 Å². The Morgan fingerprint density at radius 2 is 1.36 bits per heavy atom. The number of nitrogens with two attached hydrogens (primary N) is 1. The maximum Gasteiger partial charge on any atom is 0.324 e. The Hall–Kier alpha value is -2.82. The van der Waals surface area contributed by atoms with Crippen LogP contribution in [0.5, 0.6) is 5.75 Å². The van der Waals surface area contributed by atoms with Crippen LogP contribution < -0.4 is 5.73 Å². The van der Waals surface area contributed by atoms with E-state index in [4.69, 9.17) is 10.8 Å². The largest absolute Gasteiger partial charge is 0.497 e. The summed E-state index contributed by atoms with van der Waals surface area (Å²) in [6.45, 7) is 6.12. The minimum absolute atomic E-state index is 0.0417. The summed E-state index contributed by atoms with van der Waals surface area (Å²) in [6.07, 6.45) is 1.05. The number of nitro groups is 3. The molecule has 1 aromatic carbocycles. The van der Waals surface area contributed by atoms with Crippen LogP contribution in [0.1, 0.15) is 27.2 Å². The second-order valence-electron chi connectivity index (χ2n) is 4.95. The standard InChI is InChI=1S/C6H3N3O7.C5H13N/c10-6-4(8(13)14)1-3(7(11)12)2-5(6)9(15)16;1-4-5(2,3)6/h1-2,10H;4,6H2,1-3H3. The molecular weight excluding hydrogens is 300 g/mol. The fourth-order valence-electron chi connectivity index (χ4n) is 0.974. The van der Waals surface area contributed by atoms with Crippen LogP contribution in [-0.4, -0.2) is 25.4 Å². The zero-order valence-electron chi connectivity index (χ0n) is 12.2. The third-order valence-corrected chi connectivity index (χ3v) is 2.57. The molecule has 0 spiro atoms. The van der Waals surface area contributed by atoms with E-state index in [2.05, 4.69) is 6.92 Å². The lowest BCUT2D eigenvalue weighted by Crippen LogP contribution is -2.30. The third-order valence-electron chi connectivity index (χ3n) is 2.57. The molecular formula is C11H16N4O7. The molecule has 0 atom stereocenters. The average molecular weight is 316 g/mol. The molecule has 11 nitrogen and oxygen atoms in total. The highest BCUT2D eigenvalue weighted by molar-refractivity contribution is 5.64. The highest BCUT2D eigenvalue weighted by Gasteiger charge is 2.30. The number of phenols is 1.